The van der Waals surface area contributed by atoms with E-state index >= 15 is 0 Å². The second kappa shape index (κ2) is 3.41. The summed E-state index contributed by atoms with van der Waals surface area (Å²) in [5.74, 6) is 2.39. The zero-order valence-corrected chi connectivity index (χ0v) is 6.32. The molecule has 1 heterocycles. The number of rotatable bonds is 2. The summed E-state index contributed by atoms with van der Waals surface area (Å²) in [4.78, 5) is 10.4. The average Bonchev–Trinajstić information content (AvgIpc) is 2.47. The smallest absolute Gasteiger partial charge is 0.152 e. The Hall–Kier alpha value is -2.00. The normalized spacial score (nSPS) is 8.50. The first-order valence-corrected chi connectivity index (χ1v) is 3.31. The highest BCUT2D eigenvalue weighted by atomic mass is 16.1. The summed E-state index contributed by atoms with van der Waals surface area (Å²) in [7, 11) is 0. The van der Waals surface area contributed by atoms with Crippen molar-refractivity contribution in [1.29, 1.82) is 5.26 Å². The van der Waals surface area contributed by atoms with E-state index in [1.165, 1.54) is 0 Å². The summed E-state index contributed by atoms with van der Waals surface area (Å²) in [5, 5.41) is 8.65. The Morgan fingerprint density at radius 2 is 2.50 bits per heavy atom. The summed E-state index contributed by atoms with van der Waals surface area (Å²) in [5.41, 5.74) is 0.704. The quantitative estimate of drug-likeness (QED) is 0.472. The molecule has 1 aromatic heterocycles. The second-order valence-electron chi connectivity index (χ2n) is 2.18. The number of nitriles is 1. The van der Waals surface area contributed by atoms with Gasteiger partial charge in [-0.1, -0.05) is 5.92 Å². The minimum atomic E-state index is 0.316. The van der Waals surface area contributed by atoms with Gasteiger partial charge < -0.3 is 4.57 Å². The third kappa shape index (κ3) is 1.21. The van der Waals surface area contributed by atoms with Crippen LogP contribution in [0.3, 0.4) is 0 Å². The minimum absolute atomic E-state index is 0.316. The van der Waals surface area contributed by atoms with Crippen molar-refractivity contribution in [3.8, 4) is 18.4 Å². The fraction of sp³-hybridized carbons (Fsp3) is 0.111. The standard InChI is InChI=1S/C9H6N2O/c1-2-4-11-5-3-8(7-12)9(11)6-10/h1,3,5,7H,4H2. The Morgan fingerprint density at radius 3 is 3.00 bits per heavy atom. The van der Waals surface area contributed by atoms with Gasteiger partial charge in [-0.3, -0.25) is 4.79 Å². The summed E-state index contributed by atoms with van der Waals surface area (Å²) in [6, 6.07) is 3.49. The van der Waals surface area contributed by atoms with Gasteiger partial charge >= 0.3 is 0 Å². The van der Waals surface area contributed by atoms with E-state index in [9.17, 15) is 4.79 Å². The molecule has 0 aliphatic heterocycles. The molecule has 0 aliphatic rings. The third-order valence-electron chi connectivity index (χ3n) is 1.49. The number of aldehydes is 1. The predicted octanol–water partition coefficient (Wildman–Crippen LogP) is 0.805. The van der Waals surface area contributed by atoms with Gasteiger partial charge in [-0.15, -0.1) is 6.42 Å². The molecule has 0 N–H and O–H groups in total. The van der Waals surface area contributed by atoms with Gasteiger partial charge in [0, 0.05) is 6.20 Å². The predicted molar refractivity (Wildman–Crippen MR) is 43.4 cm³/mol. The molecule has 3 heteroatoms. The average molecular weight is 158 g/mol. The van der Waals surface area contributed by atoms with E-state index in [0.29, 0.717) is 24.1 Å². The molecular formula is C9H6N2O. The van der Waals surface area contributed by atoms with E-state index in [1.807, 2.05) is 6.07 Å². The number of terminal acetylenes is 1. The maximum Gasteiger partial charge on any atom is 0.152 e. The Kier molecular flexibility index (Phi) is 2.30. The molecule has 0 unspecified atom stereocenters. The Morgan fingerprint density at radius 1 is 1.75 bits per heavy atom. The first-order chi connectivity index (χ1) is 5.83. The van der Waals surface area contributed by atoms with Crippen LogP contribution >= 0.6 is 0 Å². The molecule has 0 aliphatic carbocycles. The van der Waals surface area contributed by atoms with Gasteiger partial charge in [0.25, 0.3) is 0 Å². The fourth-order valence-corrected chi connectivity index (χ4v) is 0.944. The molecule has 0 saturated carbocycles. The van der Waals surface area contributed by atoms with Gasteiger partial charge in [-0.25, -0.2) is 0 Å². The van der Waals surface area contributed by atoms with Gasteiger partial charge in [0.2, 0.25) is 0 Å². The van der Waals surface area contributed by atoms with E-state index in [1.54, 1.807) is 16.8 Å². The first kappa shape index (κ1) is 8.10. The van der Waals surface area contributed by atoms with Crippen LogP contribution in [0.15, 0.2) is 12.3 Å². The Balaban J connectivity index is 3.17. The SMILES string of the molecule is C#CCn1ccc(C=O)c1C#N. The molecule has 3 nitrogen and oxygen atoms in total. The monoisotopic (exact) mass is 158 g/mol. The molecule has 1 rings (SSSR count). The van der Waals surface area contributed by atoms with Crippen LogP contribution in [-0.4, -0.2) is 10.9 Å². The van der Waals surface area contributed by atoms with Crippen molar-refractivity contribution in [3.05, 3.63) is 23.5 Å². The van der Waals surface area contributed by atoms with Gasteiger partial charge in [0.1, 0.15) is 11.8 Å². The van der Waals surface area contributed by atoms with E-state index in [2.05, 4.69) is 5.92 Å². The number of carbonyl (C=O) groups excluding carboxylic acids is 1. The van der Waals surface area contributed by atoms with Crippen LogP contribution in [0, 0.1) is 23.7 Å². The highest BCUT2D eigenvalue weighted by Gasteiger charge is 2.05. The molecule has 0 amide bonds. The summed E-state index contributed by atoms with van der Waals surface area (Å²) in [6.45, 7) is 0.316. The van der Waals surface area contributed by atoms with Crippen molar-refractivity contribution in [2.45, 2.75) is 6.54 Å². The van der Waals surface area contributed by atoms with E-state index in [0.717, 1.165) is 0 Å². The van der Waals surface area contributed by atoms with Gasteiger partial charge in [0.15, 0.2) is 6.29 Å². The number of carbonyl (C=O) groups is 1. The lowest BCUT2D eigenvalue weighted by Crippen LogP contribution is -1.98. The zero-order valence-electron chi connectivity index (χ0n) is 6.32. The molecule has 0 fully saturated rings. The van der Waals surface area contributed by atoms with Crippen LogP contribution in [0.25, 0.3) is 0 Å². The second-order valence-corrected chi connectivity index (χ2v) is 2.18. The minimum Gasteiger partial charge on any atom is -0.327 e. The topological polar surface area (TPSA) is 45.8 Å². The van der Waals surface area contributed by atoms with Crippen LogP contribution < -0.4 is 0 Å². The molecule has 0 spiro atoms. The summed E-state index contributed by atoms with van der Waals surface area (Å²) < 4.78 is 1.56. The van der Waals surface area contributed by atoms with E-state index in [4.69, 9.17) is 11.7 Å². The van der Waals surface area contributed by atoms with Crippen LogP contribution in [0.5, 0.6) is 0 Å². The highest BCUT2D eigenvalue weighted by Crippen LogP contribution is 2.06. The summed E-state index contributed by atoms with van der Waals surface area (Å²) >= 11 is 0. The van der Waals surface area contributed by atoms with Crippen LogP contribution in [0.2, 0.25) is 0 Å². The van der Waals surface area contributed by atoms with Crippen LogP contribution in [0.1, 0.15) is 16.1 Å². The molecule has 12 heavy (non-hydrogen) atoms. The number of aromatic nitrogens is 1. The van der Waals surface area contributed by atoms with Gasteiger partial charge in [0.05, 0.1) is 12.1 Å². The number of nitrogens with zero attached hydrogens (tertiary/aromatic N) is 2. The molecular weight excluding hydrogens is 152 g/mol. The number of hydrogen-bond acceptors (Lipinski definition) is 2. The van der Waals surface area contributed by atoms with Crippen LogP contribution in [0.4, 0.5) is 0 Å². The highest BCUT2D eigenvalue weighted by molar-refractivity contribution is 5.78. The third-order valence-corrected chi connectivity index (χ3v) is 1.49. The van der Waals surface area contributed by atoms with Gasteiger partial charge in [-0.05, 0) is 6.07 Å². The molecule has 1 aromatic rings. The van der Waals surface area contributed by atoms with Gasteiger partial charge in [-0.2, -0.15) is 5.26 Å². The molecule has 0 atom stereocenters. The van der Waals surface area contributed by atoms with E-state index < -0.39 is 0 Å². The van der Waals surface area contributed by atoms with E-state index in [-0.39, 0.29) is 0 Å². The molecule has 0 bridgehead atoms. The first-order valence-electron chi connectivity index (χ1n) is 3.31. The molecule has 58 valence electrons. The molecule has 0 saturated heterocycles. The van der Waals surface area contributed by atoms with Crippen molar-refractivity contribution in [1.82, 2.24) is 4.57 Å². The maximum absolute atomic E-state index is 10.4. The van der Waals surface area contributed by atoms with Crippen molar-refractivity contribution >= 4 is 6.29 Å². The maximum atomic E-state index is 10.4. The van der Waals surface area contributed by atoms with Crippen molar-refractivity contribution in [2.24, 2.45) is 0 Å². The van der Waals surface area contributed by atoms with Crippen molar-refractivity contribution in [2.75, 3.05) is 0 Å². The number of hydrogen-bond donors (Lipinski definition) is 0. The van der Waals surface area contributed by atoms with Crippen molar-refractivity contribution in [3.63, 3.8) is 0 Å². The van der Waals surface area contributed by atoms with Crippen LogP contribution in [-0.2, 0) is 6.54 Å². The lowest BCUT2D eigenvalue weighted by atomic mass is 10.3. The lowest BCUT2D eigenvalue weighted by Gasteiger charge is -1.96. The Labute approximate surface area is 70.2 Å². The summed E-state index contributed by atoms with van der Waals surface area (Å²) in [6.07, 6.45) is 7.34. The Bertz CT molecular complexity index is 376. The van der Waals surface area contributed by atoms with Crippen molar-refractivity contribution < 1.29 is 4.79 Å². The lowest BCUT2D eigenvalue weighted by molar-refractivity contribution is 0.112. The molecule has 0 aromatic carbocycles. The molecule has 0 radical (unpaired) electrons. The fourth-order valence-electron chi connectivity index (χ4n) is 0.944. The zero-order chi connectivity index (χ0) is 8.97. The largest absolute Gasteiger partial charge is 0.327 e.